The molecular formula is C13H20N2O4S. The van der Waals surface area contributed by atoms with Gasteiger partial charge in [-0.2, -0.15) is 0 Å². The van der Waals surface area contributed by atoms with Crippen LogP contribution in [0.1, 0.15) is 29.8 Å². The molecule has 3 N–H and O–H groups in total. The molecule has 0 radical (unpaired) electrons. The lowest BCUT2D eigenvalue weighted by Gasteiger charge is -2.23. The molecule has 112 valence electrons. The predicted octanol–water partition coefficient (Wildman–Crippen LogP) is 0.630. The second-order valence-electron chi connectivity index (χ2n) is 5.14. The Balaban J connectivity index is 2.90. The number of esters is 1. The number of nitrogens with two attached hydrogens (primary N) is 1. The van der Waals surface area contributed by atoms with E-state index in [1.165, 1.54) is 13.2 Å². The first-order valence-electron chi connectivity index (χ1n) is 6.08. The maximum atomic E-state index is 12.0. The molecule has 1 rings (SSSR count). The molecule has 20 heavy (non-hydrogen) atoms. The fraction of sp³-hybridized carbons (Fsp3) is 0.462. The number of carbonyl (C=O) groups excluding carboxylic acids is 1. The van der Waals surface area contributed by atoms with E-state index in [4.69, 9.17) is 5.73 Å². The summed E-state index contributed by atoms with van der Waals surface area (Å²) in [5.41, 5.74) is 5.62. The number of carbonyl (C=O) groups is 1. The Bertz CT molecular complexity index is 582. The highest BCUT2D eigenvalue weighted by Gasteiger charge is 2.23. The van der Waals surface area contributed by atoms with Crippen LogP contribution in [0.2, 0.25) is 0 Å². The number of hydrogen-bond acceptors (Lipinski definition) is 5. The van der Waals surface area contributed by atoms with Crippen LogP contribution in [0, 0.1) is 0 Å². The van der Waals surface area contributed by atoms with Gasteiger partial charge in [-0.05, 0) is 31.5 Å². The molecule has 0 bridgehead atoms. The van der Waals surface area contributed by atoms with E-state index in [0.29, 0.717) is 11.1 Å². The molecule has 0 spiro atoms. The Labute approximate surface area is 119 Å². The molecule has 0 aliphatic rings. The summed E-state index contributed by atoms with van der Waals surface area (Å²) in [6, 6.07) is 6.33. The molecule has 0 fully saturated rings. The van der Waals surface area contributed by atoms with Crippen molar-refractivity contribution in [1.29, 1.82) is 0 Å². The zero-order chi connectivity index (χ0) is 15.4. The third kappa shape index (κ3) is 4.92. The van der Waals surface area contributed by atoms with Gasteiger partial charge in [-0.1, -0.05) is 12.1 Å². The van der Waals surface area contributed by atoms with Gasteiger partial charge in [0.25, 0.3) is 0 Å². The van der Waals surface area contributed by atoms with Crippen LogP contribution >= 0.6 is 0 Å². The highest BCUT2D eigenvalue weighted by atomic mass is 32.2. The van der Waals surface area contributed by atoms with Crippen molar-refractivity contribution in [3.05, 3.63) is 35.4 Å². The van der Waals surface area contributed by atoms with Gasteiger partial charge in [0, 0.05) is 12.1 Å². The summed E-state index contributed by atoms with van der Waals surface area (Å²) in [6.07, 6.45) is 0. The van der Waals surface area contributed by atoms with Crippen LogP contribution < -0.4 is 10.5 Å². The lowest BCUT2D eigenvalue weighted by atomic mass is 10.1. The molecule has 0 aliphatic carbocycles. The number of rotatable bonds is 6. The third-order valence-corrected chi connectivity index (χ3v) is 4.22. The number of methoxy groups -OCH3 is 1. The molecule has 0 amide bonds. The molecule has 0 heterocycles. The average molecular weight is 300 g/mol. The van der Waals surface area contributed by atoms with Gasteiger partial charge in [-0.25, -0.2) is 17.9 Å². The minimum atomic E-state index is -3.54. The molecule has 0 saturated heterocycles. The first kappa shape index (κ1) is 16.6. The molecule has 6 nitrogen and oxygen atoms in total. The minimum absolute atomic E-state index is 0.189. The van der Waals surface area contributed by atoms with Crippen molar-refractivity contribution >= 4 is 16.0 Å². The van der Waals surface area contributed by atoms with Gasteiger partial charge in [0.2, 0.25) is 10.0 Å². The maximum absolute atomic E-state index is 12.0. The summed E-state index contributed by atoms with van der Waals surface area (Å²) in [5.74, 6) is -0.721. The Morgan fingerprint density at radius 2 is 2.05 bits per heavy atom. The molecule has 0 atom stereocenters. The molecule has 0 saturated carbocycles. The largest absolute Gasteiger partial charge is 0.465 e. The van der Waals surface area contributed by atoms with E-state index < -0.39 is 21.5 Å². The van der Waals surface area contributed by atoms with E-state index in [-0.39, 0.29) is 12.3 Å². The summed E-state index contributed by atoms with van der Waals surface area (Å²) < 4.78 is 31.2. The van der Waals surface area contributed by atoms with Gasteiger partial charge in [-0.3, -0.25) is 0 Å². The predicted molar refractivity (Wildman–Crippen MR) is 76.7 cm³/mol. The van der Waals surface area contributed by atoms with Gasteiger partial charge in [-0.15, -0.1) is 0 Å². The van der Waals surface area contributed by atoms with E-state index in [0.717, 1.165) is 0 Å². The molecule has 0 unspecified atom stereocenters. The summed E-state index contributed by atoms with van der Waals surface area (Å²) in [4.78, 5) is 11.4. The summed E-state index contributed by atoms with van der Waals surface area (Å²) >= 11 is 0. The highest BCUT2D eigenvalue weighted by Crippen LogP contribution is 2.11. The van der Waals surface area contributed by atoms with Crippen molar-refractivity contribution in [3.8, 4) is 0 Å². The van der Waals surface area contributed by atoms with Crippen molar-refractivity contribution in [1.82, 2.24) is 4.72 Å². The van der Waals surface area contributed by atoms with Crippen LogP contribution in [-0.4, -0.2) is 33.6 Å². The van der Waals surface area contributed by atoms with Gasteiger partial charge >= 0.3 is 5.97 Å². The first-order chi connectivity index (χ1) is 9.19. The van der Waals surface area contributed by atoms with Gasteiger partial charge in [0.15, 0.2) is 0 Å². The number of benzene rings is 1. The van der Waals surface area contributed by atoms with Gasteiger partial charge in [0.1, 0.15) is 0 Å². The Morgan fingerprint density at radius 1 is 1.40 bits per heavy atom. The topological polar surface area (TPSA) is 98.5 Å². The van der Waals surface area contributed by atoms with E-state index in [2.05, 4.69) is 9.46 Å². The lowest BCUT2D eigenvalue weighted by Crippen LogP contribution is -2.49. The second kappa shape index (κ2) is 6.34. The normalized spacial score (nSPS) is 12.2. The van der Waals surface area contributed by atoms with E-state index in [9.17, 15) is 13.2 Å². The highest BCUT2D eigenvalue weighted by molar-refractivity contribution is 7.88. The average Bonchev–Trinajstić information content (AvgIpc) is 2.36. The fourth-order valence-electron chi connectivity index (χ4n) is 1.62. The number of nitrogens with one attached hydrogen (secondary N) is 1. The fourth-order valence-corrected chi connectivity index (χ4v) is 3.24. The van der Waals surface area contributed by atoms with Crippen LogP contribution in [0.4, 0.5) is 0 Å². The summed E-state index contributed by atoms with van der Waals surface area (Å²) in [7, 11) is -2.26. The number of ether oxygens (including phenoxy) is 1. The van der Waals surface area contributed by atoms with Crippen LogP contribution in [0.5, 0.6) is 0 Å². The van der Waals surface area contributed by atoms with Crippen LogP contribution in [-0.2, 0) is 20.5 Å². The maximum Gasteiger partial charge on any atom is 0.337 e. The molecule has 1 aromatic rings. The van der Waals surface area contributed by atoms with Crippen molar-refractivity contribution in [2.24, 2.45) is 5.73 Å². The van der Waals surface area contributed by atoms with Crippen LogP contribution in [0.25, 0.3) is 0 Å². The smallest absolute Gasteiger partial charge is 0.337 e. The Kier molecular flexibility index (Phi) is 5.27. The monoisotopic (exact) mass is 300 g/mol. The molecule has 0 aliphatic heterocycles. The first-order valence-corrected chi connectivity index (χ1v) is 7.73. The Hall–Kier alpha value is -1.44. The van der Waals surface area contributed by atoms with Crippen molar-refractivity contribution in [2.45, 2.75) is 25.1 Å². The minimum Gasteiger partial charge on any atom is -0.465 e. The molecule has 0 aromatic heterocycles. The summed E-state index contributed by atoms with van der Waals surface area (Å²) in [5, 5.41) is 0. The van der Waals surface area contributed by atoms with Crippen molar-refractivity contribution < 1.29 is 17.9 Å². The van der Waals surface area contributed by atoms with E-state index in [1.54, 1.807) is 32.0 Å². The molecule has 7 heteroatoms. The molecular weight excluding hydrogens is 280 g/mol. The second-order valence-corrected chi connectivity index (χ2v) is 6.86. The summed E-state index contributed by atoms with van der Waals surface area (Å²) in [6.45, 7) is 3.60. The Morgan fingerprint density at radius 3 is 2.60 bits per heavy atom. The SMILES string of the molecule is COC(=O)c1cccc(CS(=O)(=O)NC(C)(C)CN)c1. The number of hydrogen-bond donors (Lipinski definition) is 2. The van der Waals surface area contributed by atoms with E-state index >= 15 is 0 Å². The zero-order valence-corrected chi connectivity index (χ0v) is 12.7. The lowest BCUT2D eigenvalue weighted by molar-refractivity contribution is 0.0600. The quantitative estimate of drug-likeness (QED) is 0.751. The van der Waals surface area contributed by atoms with E-state index in [1.807, 2.05) is 0 Å². The van der Waals surface area contributed by atoms with Crippen molar-refractivity contribution in [3.63, 3.8) is 0 Å². The number of sulfonamides is 1. The van der Waals surface area contributed by atoms with Gasteiger partial charge in [0.05, 0.1) is 18.4 Å². The van der Waals surface area contributed by atoms with Crippen LogP contribution in [0.3, 0.4) is 0 Å². The van der Waals surface area contributed by atoms with Gasteiger partial charge < -0.3 is 10.5 Å². The molecule has 1 aromatic carbocycles. The standard InChI is InChI=1S/C13H20N2O4S/c1-13(2,9-14)15-20(17,18)8-10-5-4-6-11(7-10)12(16)19-3/h4-7,15H,8-9,14H2,1-3H3. The van der Waals surface area contributed by atoms with Crippen LogP contribution in [0.15, 0.2) is 24.3 Å². The third-order valence-electron chi connectivity index (χ3n) is 2.65. The van der Waals surface area contributed by atoms with Crippen molar-refractivity contribution in [2.75, 3.05) is 13.7 Å². The zero-order valence-electron chi connectivity index (χ0n) is 11.8.